The molecule has 0 aliphatic rings. The number of benzene rings is 1. The Kier molecular flexibility index (Phi) is 2.64. The Morgan fingerprint density at radius 3 is 2.33 bits per heavy atom. The van der Waals surface area contributed by atoms with Gasteiger partial charge in [0.2, 0.25) is 0 Å². The summed E-state index contributed by atoms with van der Waals surface area (Å²) in [7, 11) is -4.07. The molecule has 0 aromatic heterocycles. The molecule has 1 aromatic carbocycles. The van der Waals surface area contributed by atoms with E-state index in [9.17, 15) is 8.42 Å². The van der Waals surface area contributed by atoms with Gasteiger partial charge >= 0.3 is 10.3 Å². The van der Waals surface area contributed by atoms with Gasteiger partial charge in [0.1, 0.15) is 5.75 Å². The highest BCUT2D eigenvalue weighted by Gasteiger charge is 2.08. The standard InChI is InChI=1S/C6H7NO4S/c8-7-12(9,10)11-6-4-2-1-3-5-6/h1-5,7-8H. The summed E-state index contributed by atoms with van der Waals surface area (Å²) in [5.74, 6) is 0.138. The number of nitrogens with one attached hydrogen (secondary N) is 1. The second-order valence-corrected chi connectivity index (χ2v) is 3.20. The zero-order valence-corrected chi connectivity index (χ0v) is 6.78. The molecule has 0 radical (unpaired) electrons. The van der Waals surface area contributed by atoms with Gasteiger partial charge in [-0.25, -0.2) is 0 Å². The van der Waals surface area contributed by atoms with E-state index in [-0.39, 0.29) is 5.75 Å². The van der Waals surface area contributed by atoms with Crippen LogP contribution in [0.4, 0.5) is 0 Å². The Morgan fingerprint density at radius 1 is 1.25 bits per heavy atom. The Hall–Kier alpha value is -1.11. The van der Waals surface area contributed by atoms with Gasteiger partial charge in [-0.1, -0.05) is 23.1 Å². The van der Waals surface area contributed by atoms with E-state index < -0.39 is 10.3 Å². The molecule has 0 atom stereocenters. The summed E-state index contributed by atoms with van der Waals surface area (Å²) in [5, 5.41) is 8.09. The molecule has 12 heavy (non-hydrogen) atoms. The second kappa shape index (κ2) is 3.53. The molecule has 66 valence electrons. The van der Waals surface area contributed by atoms with Gasteiger partial charge in [0.05, 0.1) is 0 Å². The van der Waals surface area contributed by atoms with Crippen LogP contribution in [0.15, 0.2) is 30.3 Å². The highest BCUT2D eigenvalue weighted by Crippen LogP contribution is 2.09. The largest absolute Gasteiger partial charge is 0.404 e. The average Bonchev–Trinajstić information content (AvgIpc) is 2.06. The van der Waals surface area contributed by atoms with Gasteiger partial charge in [-0.05, 0) is 12.1 Å². The Morgan fingerprint density at radius 2 is 1.83 bits per heavy atom. The molecule has 0 aliphatic heterocycles. The summed E-state index contributed by atoms with van der Waals surface area (Å²) in [6.07, 6.45) is 0. The first-order chi connectivity index (χ1) is 5.64. The molecular formula is C6H7NO4S. The number of hydrogen-bond acceptors (Lipinski definition) is 4. The monoisotopic (exact) mass is 189 g/mol. The quantitative estimate of drug-likeness (QED) is 0.670. The summed E-state index contributed by atoms with van der Waals surface area (Å²) in [6, 6.07) is 7.85. The maximum absolute atomic E-state index is 10.6. The van der Waals surface area contributed by atoms with E-state index in [2.05, 4.69) is 4.18 Å². The first kappa shape index (κ1) is 8.98. The molecule has 0 saturated carbocycles. The molecule has 0 bridgehead atoms. The molecule has 0 amide bonds. The lowest BCUT2D eigenvalue weighted by molar-refractivity contribution is 0.228. The fourth-order valence-electron chi connectivity index (χ4n) is 0.621. The lowest BCUT2D eigenvalue weighted by Crippen LogP contribution is -2.24. The molecule has 0 saturated heterocycles. The van der Waals surface area contributed by atoms with E-state index in [4.69, 9.17) is 5.21 Å². The zero-order chi connectivity index (χ0) is 9.03. The van der Waals surface area contributed by atoms with Crippen molar-refractivity contribution in [2.24, 2.45) is 0 Å². The topological polar surface area (TPSA) is 75.6 Å². The Balaban J connectivity index is 2.78. The van der Waals surface area contributed by atoms with Gasteiger partial charge in [0.25, 0.3) is 0 Å². The fourth-order valence-corrected chi connectivity index (χ4v) is 1.02. The minimum Gasteiger partial charge on any atom is -0.370 e. The van der Waals surface area contributed by atoms with Crippen molar-refractivity contribution in [3.05, 3.63) is 30.3 Å². The molecule has 0 heterocycles. The van der Waals surface area contributed by atoms with Gasteiger partial charge in [-0.2, -0.15) is 8.42 Å². The predicted octanol–water partition coefficient (Wildman–Crippen LogP) is 0.289. The van der Waals surface area contributed by atoms with Crippen LogP contribution < -0.4 is 9.07 Å². The van der Waals surface area contributed by atoms with E-state index in [0.717, 1.165) is 4.89 Å². The van der Waals surface area contributed by atoms with E-state index in [1.54, 1.807) is 18.2 Å². The minimum atomic E-state index is -4.07. The number of rotatable bonds is 3. The van der Waals surface area contributed by atoms with Gasteiger partial charge < -0.3 is 4.18 Å². The molecule has 0 spiro atoms. The maximum atomic E-state index is 10.6. The third kappa shape index (κ3) is 2.50. The fraction of sp³-hybridized carbons (Fsp3) is 0. The van der Waals surface area contributed by atoms with Crippen LogP contribution in [-0.4, -0.2) is 13.6 Å². The first-order valence-corrected chi connectivity index (χ1v) is 4.45. The van der Waals surface area contributed by atoms with Crippen LogP contribution in [0.25, 0.3) is 0 Å². The normalized spacial score (nSPS) is 11.1. The first-order valence-electron chi connectivity index (χ1n) is 3.04. The van der Waals surface area contributed by atoms with E-state index in [1.807, 2.05) is 0 Å². The highest BCUT2D eigenvalue weighted by atomic mass is 32.2. The van der Waals surface area contributed by atoms with Crippen molar-refractivity contribution in [1.29, 1.82) is 0 Å². The third-order valence-electron chi connectivity index (χ3n) is 1.06. The van der Waals surface area contributed by atoms with Crippen LogP contribution in [0.1, 0.15) is 0 Å². The van der Waals surface area contributed by atoms with Crippen LogP contribution in [0.3, 0.4) is 0 Å². The predicted molar refractivity (Wildman–Crippen MR) is 40.9 cm³/mol. The summed E-state index contributed by atoms with van der Waals surface area (Å²) in [6.45, 7) is 0. The number of para-hydroxylation sites is 1. The van der Waals surface area contributed by atoms with Gasteiger partial charge in [0.15, 0.2) is 0 Å². The minimum absolute atomic E-state index is 0.138. The molecule has 1 rings (SSSR count). The van der Waals surface area contributed by atoms with Crippen molar-refractivity contribution in [2.45, 2.75) is 0 Å². The molecule has 5 nitrogen and oxygen atoms in total. The van der Waals surface area contributed by atoms with E-state index in [0.29, 0.717) is 0 Å². The average molecular weight is 189 g/mol. The molecular weight excluding hydrogens is 182 g/mol. The van der Waals surface area contributed by atoms with Crippen molar-refractivity contribution >= 4 is 10.3 Å². The molecule has 0 fully saturated rings. The summed E-state index contributed by atoms with van der Waals surface area (Å²) in [5.41, 5.74) is 0. The van der Waals surface area contributed by atoms with E-state index >= 15 is 0 Å². The third-order valence-corrected chi connectivity index (χ3v) is 1.70. The van der Waals surface area contributed by atoms with E-state index in [1.165, 1.54) is 12.1 Å². The van der Waals surface area contributed by atoms with Crippen molar-refractivity contribution < 1.29 is 17.8 Å². The smallest absolute Gasteiger partial charge is 0.370 e. The molecule has 1 aromatic rings. The zero-order valence-electron chi connectivity index (χ0n) is 5.97. The highest BCUT2D eigenvalue weighted by molar-refractivity contribution is 7.84. The van der Waals surface area contributed by atoms with Crippen molar-refractivity contribution in [2.75, 3.05) is 0 Å². The molecule has 0 aliphatic carbocycles. The molecule has 2 N–H and O–H groups in total. The van der Waals surface area contributed by atoms with Crippen LogP contribution in [0, 0.1) is 0 Å². The summed E-state index contributed by atoms with van der Waals surface area (Å²) >= 11 is 0. The Labute approximate surface area is 69.8 Å². The van der Waals surface area contributed by atoms with Crippen molar-refractivity contribution in [3.63, 3.8) is 0 Å². The SMILES string of the molecule is O=S(=O)(NO)Oc1ccccc1. The Bertz CT molecular complexity index is 334. The lowest BCUT2D eigenvalue weighted by atomic mass is 10.3. The summed E-state index contributed by atoms with van der Waals surface area (Å²) in [4.78, 5) is 1.04. The van der Waals surface area contributed by atoms with Crippen LogP contribution >= 0.6 is 0 Å². The summed E-state index contributed by atoms with van der Waals surface area (Å²) < 4.78 is 25.5. The number of hydrogen-bond donors (Lipinski definition) is 2. The molecule has 0 unspecified atom stereocenters. The van der Waals surface area contributed by atoms with Crippen molar-refractivity contribution in [1.82, 2.24) is 4.89 Å². The second-order valence-electron chi connectivity index (χ2n) is 1.94. The lowest BCUT2D eigenvalue weighted by Gasteiger charge is -2.02. The van der Waals surface area contributed by atoms with Gasteiger partial charge in [0, 0.05) is 0 Å². The van der Waals surface area contributed by atoms with Crippen LogP contribution in [-0.2, 0) is 10.3 Å². The molecule has 6 heteroatoms. The van der Waals surface area contributed by atoms with Crippen LogP contribution in [0.5, 0.6) is 5.75 Å². The van der Waals surface area contributed by atoms with Gasteiger partial charge in [-0.3, -0.25) is 5.21 Å². The maximum Gasteiger partial charge on any atom is 0.404 e. The van der Waals surface area contributed by atoms with Gasteiger partial charge in [-0.15, -0.1) is 0 Å². The van der Waals surface area contributed by atoms with Crippen molar-refractivity contribution in [3.8, 4) is 5.75 Å². The van der Waals surface area contributed by atoms with Crippen LogP contribution in [0.2, 0.25) is 0 Å².